The number of esters is 1. The molecule has 3 aromatic rings. The Balaban J connectivity index is 2.03. The van der Waals surface area contributed by atoms with E-state index in [2.05, 4.69) is 10.2 Å². The van der Waals surface area contributed by atoms with Gasteiger partial charge < -0.3 is 4.74 Å². The number of hydrogen-bond donors (Lipinski definition) is 1. The van der Waals surface area contributed by atoms with Crippen LogP contribution in [0.25, 0.3) is 11.3 Å². The fourth-order valence-electron chi connectivity index (χ4n) is 2.87. The average Bonchev–Trinajstić information content (AvgIpc) is 3.19. The quantitative estimate of drug-likeness (QED) is 0.632. The molecule has 1 N–H and O–H groups in total. The highest BCUT2D eigenvalue weighted by atomic mass is 19.1. The molecule has 0 fully saturated rings. The molecule has 156 valence electrons. The predicted octanol–water partition coefficient (Wildman–Crippen LogP) is 4.34. The largest absolute Gasteiger partial charge is 0.459 e. The minimum atomic E-state index is -1.02. The molecule has 6 nitrogen and oxygen atoms in total. The van der Waals surface area contributed by atoms with Crippen LogP contribution >= 0.6 is 0 Å². The molecular formula is C22H21F2N3O3. The Hall–Kier alpha value is -3.55. The fourth-order valence-corrected chi connectivity index (χ4v) is 2.87. The Kier molecular flexibility index (Phi) is 5.96. The lowest BCUT2D eigenvalue weighted by molar-refractivity contribution is -0.152. The number of rotatable bonds is 5. The molecule has 0 saturated carbocycles. The summed E-state index contributed by atoms with van der Waals surface area (Å²) in [5.41, 5.74) is 0.00920. The van der Waals surface area contributed by atoms with Gasteiger partial charge in [0.1, 0.15) is 29.3 Å². The Labute approximate surface area is 172 Å². The number of H-pyrrole nitrogens is 1. The van der Waals surface area contributed by atoms with Crippen LogP contribution in [0.3, 0.4) is 0 Å². The van der Waals surface area contributed by atoms with E-state index in [1.54, 1.807) is 57.3 Å². The molecule has 2 aromatic carbocycles. The van der Waals surface area contributed by atoms with E-state index in [1.165, 1.54) is 0 Å². The zero-order valence-electron chi connectivity index (χ0n) is 16.8. The number of amides is 1. The molecule has 0 spiro atoms. The molecule has 30 heavy (non-hydrogen) atoms. The number of halogens is 2. The van der Waals surface area contributed by atoms with Gasteiger partial charge in [-0.15, -0.1) is 0 Å². The molecule has 0 atom stereocenters. The summed E-state index contributed by atoms with van der Waals surface area (Å²) in [7, 11) is 0. The highest BCUT2D eigenvalue weighted by Gasteiger charge is 2.28. The van der Waals surface area contributed by atoms with Gasteiger partial charge in [-0.2, -0.15) is 5.10 Å². The number of hydrogen-bond acceptors (Lipinski definition) is 4. The molecule has 0 radical (unpaired) electrons. The number of anilines is 1. The highest BCUT2D eigenvalue weighted by molar-refractivity contribution is 6.08. The van der Waals surface area contributed by atoms with E-state index >= 15 is 0 Å². The van der Waals surface area contributed by atoms with Crippen LogP contribution in [0.1, 0.15) is 31.1 Å². The molecule has 0 saturated heterocycles. The molecule has 1 aromatic heterocycles. The van der Waals surface area contributed by atoms with Crippen LogP contribution in [0.4, 0.5) is 14.5 Å². The molecule has 1 amide bonds. The number of aromatic nitrogens is 2. The third-order valence-corrected chi connectivity index (χ3v) is 4.08. The topological polar surface area (TPSA) is 75.3 Å². The monoisotopic (exact) mass is 413 g/mol. The smallest absolute Gasteiger partial charge is 0.326 e. The van der Waals surface area contributed by atoms with Crippen molar-refractivity contribution in [2.45, 2.75) is 26.4 Å². The van der Waals surface area contributed by atoms with Crippen molar-refractivity contribution in [2.75, 3.05) is 11.4 Å². The third kappa shape index (κ3) is 4.89. The third-order valence-electron chi connectivity index (χ3n) is 4.08. The summed E-state index contributed by atoms with van der Waals surface area (Å²) in [5, 5.41) is 6.78. The van der Waals surface area contributed by atoms with E-state index in [9.17, 15) is 18.4 Å². The van der Waals surface area contributed by atoms with Crippen molar-refractivity contribution in [2.24, 2.45) is 0 Å². The SMILES string of the molecule is CC(C)(C)OC(=O)CN(C(=O)c1c(F)cccc1F)c1cccc(-c2cc[nH]n2)c1. The van der Waals surface area contributed by atoms with Crippen molar-refractivity contribution >= 4 is 17.6 Å². The Morgan fingerprint density at radius 1 is 1.07 bits per heavy atom. The summed E-state index contributed by atoms with van der Waals surface area (Å²) >= 11 is 0. The number of carbonyl (C=O) groups excluding carboxylic acids is 2. The van der Waals surface area contributed by atoms with Gasteiger partial charge in [0.2, 0.25) is 0 Å². The summed E-state index contributed by atoms with van der Waals surface area (Å²) in [4.78, 5) is 26.5. The van der Waals surface area contributed by atoms with Crippen LogP contribution in [0, 0.1) is 11.6 Å². The number of carbonyl (C=O) groups is 2. The predicted molar refractivity (Wildman–Crippen MR) is 108 cm³/mol. The maximum absolute atomic E-state index is 14.3. The number of benzene rings is 2. The lowest BCUT2D eigenvalue weighted by Crippen LogP contribution is -2.39. The van der Waals surface area contributed by atoms with Gasteiger partial charge in [0.05, 0.1) is 5.69 Å². The first-order chi connectivity index (χ1) is 14.2. The molecule has 1 heterocycles. The summed E-state index contributed by atoms with van der Waals surface area (Å²) in [6.07, 6.45) is 1.64. The van der Waals surface area contributed by atoms with Gasteiger partial charge >= 0.3 is 5.97 Å². The van der Waals surface area contributed by atoms with E-state index in [0.717, 1.165) is 23.1 Å². The van der Waals surface area contributed by atoms with Gasteiger partial charge in [-0.3, -0.25) is 19.6 Å². The van der Waals surface area contributed by atoms with Gasteiger partial charge in [0, 0.05) is 17.4 Å². The van der Waals surface area contributed by atoms with Crippen LogP contribution in [0.2, 0.25) is 0 Å². The lowest BCUT2D eigenvalue weighted by Gasteiger charge is -2.26. The molecule has 3 rings (SSSR count). The van der Waals surface area contributed by atoms with Crippen molar-refractivity contribution in [1.29, 1.82) is 0 Å². The minimum Gasteiger partial charge on any atom is -0.459 e. The molecular weight excluding hydrogens is 392 g/mol. The van der Waals surface area contributed by atoms with Crippen LogP contribution in [0.5, 0.6) is 0 Å². The second-order valence-electron chi connectivity index (χ2n) is 7.58. The fraction of sp³-hybridized carbons (Fsp3) is 0.227. The van der Waals surface area contributed by atoms with Crippen LogP contribution < -0.4 is 4.90 Å². The molecule has 0 aliphatic rings. The van der Waals surface area contributed by atoms with Gasteiger partial charge in [-0.1, -0.05) is 18.2 Å². The number of nitrogens with one attached hydrogen (secondary N) is 1. The minimum absolute atomic E-state index is 0.272. The number of aromatic amines is 1. The van der Waals surface area contributed by atoms with E-state index < -0.39 is 41.2 Å². The Morgan fingerprint density at radius 2 is 1.73 bits per heavy atom. The Morgan fingerprint density at radius 3 is 2.33 bits per heavy atom. The molecule has 8 heteroatoms. The van der Waals surface area contributed by atoms with E-state index in [0.29, 0.717) is 11.3 Å². The van der Waals surface area contributed by atoms with Crippen molar-refractivity contribution in [3.63, 3.8) is 0 Å². The van der Waals surface area contributed by atoms with Crippen LogP contribution in [-0.4, -0.2) is 34.2 Å². The average molecular weight is 413 g/mol. The van der Waals surface area contributed by atoms with Crippen molar-refractivity contribution in [3.05, 3.63) is 71.9 Å². The van der Waals surface area contributed by atoms with Gasteiger partial charge in [0.15, 0.2) is 0 Å². The van der Waals surface area contributed by atoms with Gasteiger partial charge in [-0.05, 0) is 51.1 Å². The lowest BCUT2D eigenvalue weighted by atomic mass is 10.1. The van der Waals surface area contributed by atoms with Gasteiger partial charge in [-0.25, -0.2) is 8.78 Å². The van der Waals surface area contributed by atoms with E-state index in [1.807, 2.05) is 0 Å². The standard InChI is InChI=1S/C22H21F2N3O3/c1-22(2,3)30-19(28)13-27(21(29)20-16(23)8-5-9-17(20)24)15-7-4-6-14(12-15)18-10-11-25-26-18/h4-12H,13H2,1-3H3,(H,25,26). The maximum atomic E-state index is 14.3. The molecule has 0 bridgehead atoms. The van der Waals surface area contributed by atoms with Crippen molar-refractivity contribution < 1.29 is 23.1 Å². The molecule has 0 aliphatic carbocycles. The first kappa shape index (κ1) is 21.2. The number of nitrogens with zero attached hydrogens (tertiary/aromatic N) is 2. The van der Waals surface area contributed by atoms with E-state index in [-0.39, 0.29) is 5.69 Å². The second-order valence-corrected chi connectivity index (χ2v) is 7.58. The summed E-state index contributed by atoms with van der Waals surface area (Å²) in [6, 6.07) is 11.5. The zero-order valence-corrected chi connectivity index (χ0v) is 16.8. The summed E-state index contributed by atoms with van der Waals surface area (Å²) in [6.45, 7) is 4.54. The van der Waals surface area contributed by atoms with Crippen molar-refractivity contribution in [3.8, 4) is 11.3 Å². The van der Waals surface area contributed by atoms with Crippen LogP contribution in [0.15, 0.2) is 54.7 Å². The normalized spacial score (nSPS) is 11.2. The highest BCUT2D eigenvalue weighted by Crippen LogP contribution is 2.26. The first-order valence-corrected chi connectivity index (χ1v) is 9.23. The van der Waals surface area contributed by atoms with Crippen molar-refractivity contribution in [1.82, 2.24) is 10.2 Å². The second kappa shape index (κ2) is 8.44. The van der Waals surface area contributed by atoms with Gasteiger partial charge in [0.25, 0.3) is 5.91 Å². The number of ether oxygens (including phenoxy) is 1. The molecule has 0 aliphatic heterocycles. The summed E-state index contributed by atoms with van der Waals surface area (Å²) in [5.74, 6) is -3.73. The van der Waals surface area contributed by atoms with Crippen LogP contribution in [-0.2, 0) is 9.53 Å². The zero-order chi connectivity index (χ0) is 21.9. The maximum Gasteiger partial charge on any atom is 0.326 e. The Bertz CT molecular complexity index is 1040. The van der Waals surface area contributed by atoms with E-state index in [4.69, 9.17) is 4.74 Å². The molecule has 0 unspecified atom stereocenters. The first-order valence-electron chi connectivity index (χ1n) is 9.23. The summed E-state index contributed by atoms with van der Waals surface area (Å²) < 4.78 is 33.8.